The maximum atomic E-state index is 5.21. The molecule has 1 heterocycles. The van der Waals surface area contributed by atoms with Gasteiger partial charge in [0.05, 0.1) is 7.11 Å². The van der Waals surface area contributed by atoms with Gasteiger partial charge in [-0.1, -0.05) is 0 Å². The lowest BCUT2D eigenvalue weighted by atomic mass is 10.1. The van der Waals surface area contributed by atoms with Gasteiger partial charge in [-0.15, -0.1) is 0 Å². The van der Waals surface area contributed by atoms with Gasteiger partial charge in [0, 0.05) is 30.5 Å². The van der Waals surface area contributed by atoms with Crippen molar-refractivity contribution in [2.24, 2.45) is 0 Å². The number of rotatable bonds is 5. The number of methoxy groups -OCH3 is 1. The number of nitrogens with one attached hydrogen (secondary N) is 1. The SMILES string of the molecule is CNCc1c(C)cc(C)nc1N(C)c1ccc(OC)cc1. The molecule has 1 N–H and O–H groups in total. The van der Waals surface area contributed by atoms with Crippen LogP contribution in [0.3, 0.4) is 0 Å². The van der Waals surface area contributed by atoms with Crippen molar-refractivity contribution in [2.75, 3.05) is 26.1 Å². The van der Waals surface area contributed by atoms with E-state index in [1.54, 1.807) is 7.11 Å². The second kappa shape index (κ2) is 6.59. The minimum atomic E-state index is 0.801. The number of nitrogens with zero attached hydrogens (tertiary/aromatic N) is 2. The summed E-state index contributed by atoms with van der Waals surface area (Å²) >= 11 is 0. The summed E-state index contributed by atoms with van der Waals surface area (Å²) in [5, 5.41) is 3.22. The molecule has 0 fully saturated rings. The van der Waals surface area contributed by atoms with E-state index in [4.69, 9.17) is 9.72 Å². The number of anilines is 2. The predicted octanol–water partition coefficient (Wildman–Crippen LogP) is 3.19. The largest absolute Gasteiger partial charge is 0.497 e. The summed E-state index contributed by atoms with van der Waals surface area (Å²) in [5.41, 5.74) is 4.60. The zero-order valence-corrected chi connectivity index (χ0v) is 13.4. The molecule has 4 heteroatoms. The Bertz CT molecular complexity index is 608. The van der Waals surface area contributed by atoms with E-state index in [2.05, 4.69) is 23.2 Å². The molecule has 4 nitrogen and oxygen atoms in total. The van der Waals surface area contributed by atoms with Crippen molar-refractivity contribution < 1.29 is 4.74 Å². The molecule has 0 amide bonds. The fraction of sp³-hybridized carbons (Fsp3) is 0.353. The van der Waals surface area contributed by atoms with Crippen LogP contribution >= 0.6 is 0 Å². The zero-order valence-electron chi connectivity index (χ0n) is 13.4. The summed E-state index contributed by atoms with van der Waals surface area (Å²) in [4.78, 5) is 6.84. The van der Waals surface area contributed by atoms with Crippen LogP contribution in [0.1, 0.15) is 16.8 Å². The Kier molecular flexibility index (Phi) is 4.81. The van der Waals surface area contributed by atoms with Gasteiger partial charge in [0.1, 0.15) is 11.6 Å². The molecule has 2 rings (SSSR count). The first-order chi connectivity index (χ1) is 10.1. The van der Waals surface area contributed by atoms with Crippen molar-refractivity contribution in [1.82, 2.24) is 10.3 Å². The average Bonchev–Trinajstić information content (AvgIpc) is 2.49. The first kappa shape index (κ1) is 15.3. The van der Waals surface area contributed by atoms with Gasteiger partial charge >= 0.3 is 0 Å². The third-order valence-electron chi connectivity index (χ3n) is 3.58. The highest BCUT2D eigenvalue weighted by Crippen LogP contribution is 2.29. The highest BCUT2D eigenvalue weighted by atomic mass is 16.5. The lowest BCUT2D eigenvalue weighted by Gasteiger charge is -2.23. The van der Waals surface area contributed by atoms with Crippen LogP contribution in [-0.2, 0) is 6.54 Å². The first-order valence-corrected chi connectivity index (χ1v) is 7.06. The number of aromatic nitrogens is 1. The fourth-order valence-electron chi connectivity index (χ4n) is 2.44. The number of hydrogen-bond acceptors (Lipinski definition) is 4. The van der Waals surface area contributed by atoms with Crippen molar-refractivity contribution in [3.63, 3.8) is 0 Å². The van der Waals surface area contributed by atoms with Crippen molar-refractivity contribution in [3.8, 4) is 5.75 Å². The Balaban J connectivity index is 2.43. The standard InChI is InChI=1S/C17H23N3O/c1-12-10-13(2)19-17(16(12)11-18-3)20(4)14-6-8-15(21-5)9-7-14/h6-10,18H,11H2,1-5H3. The fourth-order valence-corrected chi connectivity index (χ4v) is 2.44. The van der Waals surface area contributed by atoms with Gasteiger partial charge in [-0.2, -0.15) is 0 Å². The number of pyridine rings is 1. The van der Waals surface area contributed by atoms with Gasteiger partial charge in [0.2, 0.25) is 0 Å². The Morgan fingerprint density at radius 3 is 2.43 bits per heavy atom. The van der Waals surface area contributed by atoms with E-state index in [0.717, 1.165) is 29.5 Å². The molecule has 0 aliphatic carbocycles. The van der Waals surface area contributed by atoms with Gasteiger partial charge in [-0.25, -0.2) is 4.98 Å². The summed E-state index contributed by atoms with van der Waals surface area (Å²) in [5.74, 6) is 1.85. The molecular formula is C17H23N3O. The van der Waals surface area contributed by atoms with Crippen molar-refractivity contribution in [3.05, 3.63) is 47.2 Å². The van der Waals surface area contributed by atoms with Gasteiger partial charge < -0.3 is 15.0 Å². The van der Waals surface area contributed by atoms with E-state index >= 15 is 0 Å². The topological polar surface area (TPSA) is 37.4 Å². The Morgan fingerprint density at radius 1 is 1.19 bits per heavy atom. The second-order valence-corrected chi connectivity index (χ2v) is 5.17. The molecule has 0 bridgehead atoms. The highest BCUT2D eigenvalue weighted by molar-refractivity contribution is 5.64. The van der Waals surface area contributed by atoms with Gasteiger partial charge in [-0.3, -0.25) is 0 Å². The molecule has 0 spiro atoms. The molecule has 112 valence electrons. The molecule has 0 atom stereocenters. The van der Waals surface area contributed by atoms with Gasteiger partial charge in [0.15, 0.2) is 0 Å². The third-order valence-corrected chi connectivity index (χ3v) is 3.58. The van der Waals surface area contributed by atoms with E-state index in [1.165, 1.54) is 11.1 Å². The third kappa shape index (κ3) is 3.34. The summed E-state index contributed by atoms with van der Waals surface area (Å²) in [7, 11) is 5.67. The molecule has 0 unspecified atom stereocenters. The monoisotopic (exact) mass is 285 g/mol. The van der Waals surface area contributed by atoms with Crippen LogP contribution < -0.4 is 15.0 Å². The average molecular weight is 285 g/mol. The van der Waals surface area contributed by atoms with Crippen LogP contribution in [0.4, 0.5) is 11.5 Å². The Hall–Kier alpha value is -2.07. The summed E-state index contributed by atoms with van der Waals surface area (Å²) < 4.78 is 5.21. The molecule has 0 aliphatic rings. The van der Waals surface area contributed by atoms with Crippen LogP contribution in [-0.4, -0.2) is 26.2 Å². The molecule has 1 aromatic heterocycles. The minimum Gasteiger partial charge on any atom is -0.497 e. The quantitative estimate of drug-likeness (QED) is 0.915. The number of benzene rings is 1. The van der Waals surface area contributed by atoms with Gasteiger partial charge in [0.25, 0.3) is 0 Å². The van der Waals surface area contributed by atoms with Crippen LogP contribution in [0.15, 0.2) is 30.3 Å². The molecule has 21 heavy (non-hydrogen) atoms. The van der Waals surface area contributed by atoms with E-state index in [0.29, 0.717) is 0 Å². The van der Waals surface area contributed by atoms with Crippen LogP contribution in [0, 0.1) is 13.8 Å². The Labute approximate surface area is 126 Å². The van der Waals surface area contributed by atoms with E-state index in [1.807, 2.05) is 45.3 Å². The van der Waals surface area contributed by atoms with Crippen LogP contribution in [0.25, 0.3) is 0 Å². The second-order valence-electron chi connectivity index (χ2n) is 5.17. The van der Waals surface area contributed by atoms with Crippen molar-refractivity contribution >= 4 is 11.5 Å². The molecule has 0 radical (unpaired) electrons. The van der Waals surface area contributed by atoms with Crippen LogP contribution in [0.2, 0.25) is 0 Å². The van der Waals surface area contributed by atoms with E-state index in [9.17, 15) is 0 Å². The maximum absolute atomic E-state index is 5.21. The molecule has 0 saturated carbocycles. The molecular weight excluding hydrogens is 262 g/mol. The molecule has 1 aromatic carbocycles. The van der Waals surface area contributed by atoms with E-state index in [-0.39, 0.29) is 0 Å². The molecule has 0 saturated heterocycles. The predicted molar refractivity (Wildman–Crippen MR) is 87.5 cm³/mol. The highest BCUT2D eigenvalue weighted by Gasteiger charge is 2.14. The van der Waals surface area contributed by atoms with Gasteiger partial charge in [-0.05, 0) is 56.8 Å². The summed E-state index contributed by atoms with van der Waals surface area (Å²) in [6.45, 7) is 4.96. The van der Waals surface area contributed by atoms with Crippen molar-refractivity contribution in [1.29, 1.82) is 0 Å². The minimum absolute atomic E-state index is 0.801. The smallest absolute Gasteiger partial charge is 0.137 e. The first-order valence-electron chi connectivity index (χ1n) is 7.06. The number of ether oxygens (including phenoxy) is 1. The molecule has 2 aromatic rings. The normalized spacial score (nSPS) is 10.5. The summed E-state index contributed by atoms with van der Waals surface area (Å²) in [6.07, 6.45) is 0. The molecule has 0 aliphatic heterocycles. The number of aryl methyl sites for hydroxylation is 2. The lowest BCUT2D eigenvalue weighted by molar-refractivity contribution is 0.415. The maximum Gasteiger partial charge on any atom is 0.137 e. The van der Waals surface area contributed by atoms with E-state index < -0.39 is 0 Å². The Morgan fingerprint density at radius 2 is 1.86 bits per heavy atom. The van der Waals surface area contributed by atoms with Crippen molar-refractivity contribution in [2.45, 2.75) is 20.4 Å². The van der Waals surface area contributed by atoms with Crippen LogP contribution in [0.5, 0.6) is 5.75 Å². The lowest BCUT2D eigenvalue weighted by Crippen LogP contribution is -2.18. The summed E-state index contributed by atoms with van der Waals surface area (Å²) in [6, 6.07) is 10.1. The number of hydrogen-bond donors (Lipinski definition) is 1. The zero-order chi connectivity index (χ0) is 15.4.